The highest BCUT2D eigenvalue weighted by Crippen LogP contribution is 2.24. The highest BCUT2D eigenvalue weighted by molar-refractivity contribution is 5.43. The van der Waals surface area contributed by atoms with Crippen molar-refractivity contribution in [3.8, 4) is 0 Å². The molecule has 2 aromatic carbocycles. The molecule has 0 aliphatic carbocycles. The van der Waals surface area contributed by atoms with Crippen LogP contribution in [0, 0.1) is 0 Å². The Labute approximate surface area is 140 Å². The lowest BCUT2D eigenvalue weighted by Gasteiger charge is -2.17. The van der Waals surface area contributed by atoms with Gasteiger partial charge in [-0.2, -0.15) is 0 Å². The highest BCUT2D eigenvalue weighted by Gasteiger charge is 2.11. The Balaban J connectivity index is 2.43. The van der Waals surface area contributed by atoms with Gasteiger partial charge in [-0.25, -0.2) is 0 Å². The lowest BCUT2D eigenvalue weighted by molar-refractivity contribution is 0.858. The summed E-state index contributed by atoms with van der Waals surface area (Å²) in [6.07, 6.45) is 5.47. The molecule has 2 heteroatoms. The molecule has 0 aromatic heterocycles. The van der Waals surface area contributed by atoms with Crippen molar-refractivity contribution in [2.24, 2.45) is 11.5 Å². The van der Waals surface area contributed by atoms with Crippen molar-refractivity contribution in [3.63, 3.8) is 0 Å². The molecule has 0 heterocycles. The summed E-state index contributed by atoms with van der Waals surface area (Å²) in [7, 11) is 0. The van der Waals surface area contributed by atoms with E-state index in [1.807, 2.05) is 0 Å². The molecular formula is C21H30N2. The van der Waals surface area contributed by atoms with Crippen LogP contribution in [0.1, 0.15) is 60.1 Å². The monoisotopic (exact) mass is 310 g/mol. The molecule has 0 radical (unpaired) electrons. The van der Waals surface area contributed by atoms with Crippen LogP contribution < -0.4 is 11.5 Å². The Morgan fingerprint density at radius 1 is 0.652 bits per heavy atom. The first-order valence-corrected chi connectivity index (χ1v) is 8.84. The second kappa shape index (κ2) is 8.85. The summed E-state index contributed by atoms with van der Waals surface area (Å²) in [5.74, 6) is 0. The largest absolute Gasteiger partial charge is 0.326 e. The molecule has 0 unspecified atom stereocenters. The number of hydrogen-bond acceptors (Lipinski definition) is 2. The molecule has 0 saturated carbocycles. The third-order valence-electron chi connectivity index (χ3n) is 4.56. The second-order valence-corrected chi connectivity index (χ2v) is 6.19. The van der Waals surface area contributed by atoms with Crippen LogP contribution in [0.2, 0.25) is 0 Å². The lowest BCUT2D eigenvalue weighted by Crippen LogP contribution is -2.08. The van der Waals surface area contributed by atoms with Crippen LogP contribution in [0.5, 0.6) is 0 Å². The topological polar surface area (TPSA) is 52.0 Å². The minimum Gasteiger partial charge on any atom is -0.326 e. The van der Waals surface area contributed by atoms with Crippen molar-refractivity contribution < 1.29 is 0 Å². The second-order valence-electron chi connectivity index (χ2n) is 6.19. The van der Waals surface area contributed by atoms with Gasteiger partial charge in [0.15, 0.2) is 0 Å². The SMILES string of the molecule is CCCc1c(CN)cccc1Cc1cccc(CN)c1CCC. The molecule has 0 spiro atoms. The van der Waals surface area contributed by atoms with Crippen LogP contribution >= 0.6 is 0 Å². The minimum atomic E-state index is 0.619. The molecule has 0 amide bonds. The van der Waals surface area contributed by atoms with E-state index >= 15 is 0 Å². The van der Waals surface area contributed by atoms with E-state index in [1.165, 1.54) is 33.4 Å². The van der Waals surface area contributed by atoms with E-state index in [4.69, 9.17) is 11.5 Å². The highest BCUT2D eigenvalue weighted by atomic mass is 14.5. The normalized spacial score (nSPS) is 11.0. The fraction of sp³-hybridized carbons (Fsp3) is 0.429. The predicted molar refractivity (Wildman–Crippen MR) is 99.5 cm³/mol. The molecule has 2 nitrogen and oxygen atoms in total. The Morgan fingerprint density at radius 2 is 1.04 bits per heavy atom. The molecule has 0 fully saturated rings. The van der Waals surface area contributed by atoms with Gasteiger partial charge in [0.2, 0.25) is 0 Å². The summed E-state index contributed by atoms with van der Waals surface area (Å²) >= 11 is 0. The minimum absolute atomic E-state index is 0.619. The van der Waals surface area contributed by atoms with Crippen molar-refractivity contribution in [2.75, 3.05) is 0 Å². The molecule has 2 aromatic rings. The van der Waals surface area contributed by atoms with Gasteiger partial charge in [0.05, 0.1) is 0 Å². The maximum absolute atomic E-state index is 5.95. The Hall–Kier alpha value is -1.64. The molecule has 0 bridgehead atoms. The van der Waals surface area contributed by atoms with Crippen molar-refractivity contribution in [3.05, 3.63) is 69.8 Å². The summed E-state index contributed by atoms with van der Waals surface area (Å²) in [4.78, 5) is 0. The van der Waals surface area contributed by atoms with Gasteiger partial charge in [-0.3, -0.25) is 0 Å². The number of benzene rings is 2. The number of rotatable bonds is 8. The van der Waals surface area contributed by atoms with E-state index in [1.54, 1.807) is 0 Å². The molecule has 23 heavy (non-hydrogen) atoms. The average molecular weight is 310 g/mol. The fourth-order valence-electron chi connectivity index (χ4n) is 3.44. The van der Waals surface area contributed by atoms with Crippen LogP contribution in [-0.4, -0.2) is 0 Å². The summed E-state index contributed by atoms with van der Waals surface area (Å²) in [6.45, 7) is 5.70. The van der Waals surface area contributed by atoms with Gasteiger partial charge in [0.25, 0.3) is 0 Å². The maximum Gasteiger partial charge on any atom is 0.0180 e. The third-order valence-corrected chi connectivity index (χ3v) is 4.56. The maximum atomic E-state index is 5.95. The smallest absolute Gasteiger partial charge is 0.0180 e. The lowest BCUT2D eigenvalue weighted by atomic mass is 9.89. The van der Waals surface area contributed by atoms with Crippen LogP contribution in [0.4, 0.5) is 0 Å². The predicted octanol–water partition coefficient (Wildman–Crippen LogP) is 4.10. The molecule has 0 aliphatic heterocycles. The summed E-state index contributed by atoms with van der Waals surface area (Å²) < 4.78 is 0. The van der Waals surface area contributed by atoms with Gasteiger partial charge in [0.1, 0.15) is 0 Å². The Morgan fingerprint density at radius 3 is 1.39 bits per heavy atom. The summed E-state index contributed by atoms with van der Waals surface area (Å²) in [5, 5.41) is 0. The zero-order chi connectivity index (χ0) is 16.7. The standard InChI is InChI=1S/C21H30N2/c1-3-7-20-16(9-5-11-18(20)14-22)13-17-10-6-12-19(15-23)21(17)8-4-2/h5-6,9-12H,3-4,7-8,13-15,22-23H2,1-2H3. The molecule has 4 N–H and O–H groups in total. The average Bonchev–Trinajstić information content (AvgIpc) is 2.58. The van der Waals surface area contributed by atoms with E-state index < -0.39 is 0 Å². The van der Waals surface area contributed by atoms with Crippen LogP contribution in [0.15, 0.2) is 36.4 Å². The first-order valence-electron chi connectivity index (χ1n) is 8.84. The molecule has 124 valence electrons. The number of hydrogen-bond donors (Lipinski definition) is 2. The van der Waals surface area contributed by atoms with E-state index in [-0.39, 0.29) is 0 Å². The fourth-order valence-corrected chi connectivity index (χ4v) is 3.44. The zero-order valence-corrected chi connectivity index (χ0v) is 14.6. The summed E-state index contributed by atoms with van der Waals surface area (Å²) in [5.41, 5.74) is 20.2. The molecular weight excluding hydrogens is 280 g/mol. The van der Waals surface area contributed by atoms with Gasteiger partial charge < -0.3 is 11.5 Å². The van der Waals surface area contributed by atoms with Gasteiger partial charge in [-0.05, 0) is 52.6 Å². The first kappa shape index (κ1) is 17.7. The van der Waals surface area contributed by atoms with E-state index in [0.29, 0.717) is 13.1 Å². The van der Waals surface area contributed by atoms with E-state index in [0.717, 1.165) is 32.1 Å². The van der Waals surface area contributed by atoms with E-state index in [9.17, 15) is 0 Å². The van der Waals surface area contributed by atoms with Crippen molar-refractivity contribution in [1.29, 1.82) is 0 Å². The van der Waals surface area contributed by atoms with Crippen LogP contribution in [0.3, 0.4) is 0 Å². The van der Waals surface area contributed by atoms with Gasteiger partial charge in [-0.1, -0.05) is 63.1 Å². The Bertz CT molecular complexity index is 576. The van der Waals surface area contributed by atoms with Crippen molar-refractivity contribution in [2.45, 2.75) is 59.0 Å². The quantitative estimate of drug-likeness (QED) is 0.771. The van der Waals surface area contributed by atoms with Crippen molar-refractivity contribution >= 4 is 0 Å². The molecule has 0 saturated heterocycles. The van der Waals surface area contributed by atoms with Gasteiger partial charge in [-0.15, -0.1) is 0 Å². The first-order chi connectivity index (χ1) is 11.2. The number of nitrogens with two attached hydrogens (primary N) is 2. The zero-order valence-electron chi connectivity index (χ0n) is 14.6. The molecule has 0 aliphatic rings. The van der Waals surface area contributed by atoms with Crippen LogP contribution in [0.25, 0.3) is 0 Å². The Kier molecular flexibility index (Phi) is 6.82. The van der Waals surface area contributed by atoms with Crippen LogP contribution in [-0.2, 0) is 32.4 Å². The van der Waals surface area contributed by atoms with Crippen molar-refractivity contribution in [1.82, 2.24) is 0 Å². The molecule has 2 rings (SSSR count). The van der Waals surface area contributed by atoms with Gasteiger partial charge >= 0.3 is 0 Å². The summed E-state index contributed by atoms with van der Waals surface area (Å²) in [6, 6.07) is 13.1. The van der Waals surface area contributed by atoms with Gasteiger partial charge in [0, 0.05) is 13.1 Å². The van der Waals surface area contributed by atoms with E-state index in [2.05, 4.69) is 50.2 Å². The molecule has 0 atom stereocenters. The third kappa shape index (κ3) is 4.21.